The van der Waals surface area contributed by atoms with Gasteiger partial charge in [-0.3, -0.25) is 5.10 Å². The molecule has 152 valence electrons. The molecule has 0 amide bonds. The number of pyridine rings is 1. The maximum atomic E-state index is 13.1. The molecule has 2 aromatic carbocycles. The molecule has 30 heavy (non-hydrogen) atoms. The van der Waals surface area contributed by atoms with Crippen LogP contribution in [-0.4, -0.2) is 30.7 Å². The summed E-state index contributed by atoms with van der Waals surface area (Å²) in [5.74, 6) is 1.25. The van der Waals surface area contributed by atoms with Gasteiger partial charge in [-0.1, -0.05) is 29.8 Å². The third-order valence-electron chi connectivity index (χ3n) is 4.39. The smallest absolute Gasteiger partial charge is 0.210 e. The molecule has 0 saturated carbocycles. The highest BCUT2D eigenvalue weighted by molar-refractivity contribution is 7.91. The number of nitrogens with zero attached hydrogens (tertiary/aromatic N) is 2. The minimum absolute atomic E-state index is 0.00657. The Hall–Kier alpha value is -3.36. The molecule has 2 aromatic heterocycles. The third kappa shape index (κ3) is 4.00. The van der Waals surface area contributed by atoms with E-state index in [1.165, 1.54) is 24.3 Å². The predicted octanol–water partition coefficient (Wildman–Crippen LogP) is 4.71. The molecule has 2 N–H and O–H groups in total. The molecule has 7 nitrogen and oxygen atoms in total. The van der Waals surface area contributed by atoms with Gasteiger partial charge in [0.2, 0.25) is 9.84 Å². The van der Waals surface area contributed by atoms with Crippen LogP contribution >= 0.6 is 11.6 Å². The number of halogens is 1. The molecule has 0 radical (unpaired) electrons. The Morgan fingerprint density at radius 3 is 2.43 bits per heavy atom. The van der Waals surface area contributed by atoms with Crippen molar-refractivity contribution in [1.29, 1.82) is 0 Å². The first-order valence-electron chi connectivity index (χ1n) is 8.91. The van der Waals surface area contributed by atoms with Gasteiger partial charge >= 0.3 is 0 Å². The molecule has 0 aliphatic heterocycles. The highest BCUT2D eigenvalue weighted by Gasteiger charge is 2.23. The topological polar surface area (TPSA) is 97.0 Å². The summed E-state index contributed by atoms with van der Waals surface area (Å²) in [6.45, 7) is 0. The van der Waals surface area contributed by atoms with Crippen LogP contribution in [0.25, 0.3) is 11.3 Å². The van der Waals surface area contributed by atoms with Gasteiger partial charge in [0, 0.05) is 6.07 Å². The lowest BCUT2D eigenvalue weighted by Crippen LogP contribution is -2.07. The Morgan fingerprint density at radius 2 is 1.73 bits per heavy atom. The maximum absolute atomic E-state index is 13.1. The van der Waals surface area contributed by atoms with E-state index in [4.69, 9.17) is 16.3 Å². The Bertz CT molecular complexity index is 1270. The number of benzene rings is 2. The van der Waals surface area contributed by atoms with Crippen molar-refractivity contribution in [1.82, 2.24) is 15.2 Å². The number of aromatic amines is 1. The lowest BCUT2D eigenvalue weighted by atomic mass is 10.1. The van der Waals surface area contributed by atoms with Gasteiger partial charge in [-0.15, -0.1) is 0 Å². The van der Waals surface area contributed by atoms with Crippen molar-refractivity contribution < 1.29 is 13.2 Å². The van der Waals surface area contributed by atoms with Gasteiger partial charge in [-0.05, 0) is 54.1 Å². The van der Waals surface area contributed by atoms with Crippen LogP contribution in [0.2, 0.25) is 5.15 Å². The van der Waals surface area contributed by atoms with Crippen molar-refractivity contribution in [3.8, 4) is 17.0 Å². The van der Waals surface area contributed by atoms with Crippen LogP contribution < -0.4 is 10.1 Å². The summed E-state index contributed by atoms with van der Waals surface area (Å²) in [6, 6.07) is 20.2. The van der Waals surface area contributed by atoms with Gasteiger partial charge in [0.15, 0.2) is 11.6 Å². The summed E-state index contributed by atoms with van der Waals surface area (Å²) in [7, 11) is -2.19. The zero-order valence-corrected chi connectivity index (χ0v) is 17.4. The van der Waals surface area contributed by atoms with Crippen LogP contribution in [0.5, 0.6) is 5.75 Å². The zero-order chi connectivity index (χ0) is 21.1. The number of ether oxygens (including phenoxy) is 1. The van der Waals surface area contributed by atoms with E-state index in [2.05, 4.69) is 20.5 Å². The Kier molecular flexibility index (Phi) is 5.43. The fourth-order valence-corrected chi connectivity index (χ4v) is 4.40. The monoisotopic (exact) mass is 440 g/mol. The van der Waals surface area contributed by atoms with Gasteiger partial charge < -0.3 is 10.1 Å². The first kappa shape index (κ1) is 19.9. The molecule has 0 aliphatic carbocycles. The number of anilines is 2. The van der Waals surface area contributed by atoms with E-state index in [-0.39, 0.29) is 20.8 Å². The van der Waals surface area contributed by atoms with E-state index in [0.717, 1.165) is 17.0 Å². The maximum Gasteiger partial charge on any atom is 0.210 e. The number of nitrogens with one attached hydrogen (secondary N) is 2. The molecule has 0 bridgehead atoms. The molecular formula is C21H17ClN4O3S. The molecular weight excluding hydrogens is 424 g/mol. The zero-order valence-electron chi connectivity index (χ0n) is 15.8. The Morgan fingerprint density at radius 1 is 1.00 bits per heavy atom. The van der Waals surface area contributed by atoms with Gasteiger partial charge in [0.1, 0.15) is 15.8 Å². The number of sulfone groups is 1. The number of aromatic nitrogens is 3. The first-order chi connectivity index (χ1) is 14.5. The average molecular weight is 441 g/mol. The molecule has 4 rings (SSSR count). The van der Waals surface area contributed by atoms with Crippen molar-refractivity contribution in [3.05, 3.63) is 77.9 Å². The molecule has 2 heterocycles. The van der Waals surface area contributed by atoms with Crippen molar-refractivity contribution in [2.24, 2.45) is 0 Å². The van der Waals surface area contributed by atoms with E-state index in [1.54, 1.807) is 31.4 Å². The van der Waals surface area contributed by atoms with E-state index >= 15 is 0 Å². The molecule has 0 aliphatic rings. The summed E-state index contributed by atoms with van der Waals surface area (Å²) >= 11 is 6.02. The standard InChI is InChI=1S/C21H17ClN4O3S/c1-29-15-9-7-14(8-10-15)17-13-20(26-25-17)24-21-18(11-12-19(22)23-21)30(27,28)16-5-3-2-4-6-16/h2-13H,1H3,(H2,23,24,25,26). The third-order valence-corrected chi connectivity index (χ3v) is 6.40. The van der Waals surface area contributed by atoms with Crippen LogP contribution in [0.15, 0.2) is 82.6 Å². The largest absolute Gasteiger partial charge is 0.497 e. The number of hydrogen-bond donors (Lipinski definition) is 2. The van der Waals surface area contributed by atoms with E-state index in [0.29, 0.717) is 5.82 Å². The fourth-order valence-electron chi connectivity index (χ4n) is 2.88. The van der Waals surface area contributed by atoms with Gasteiger partial charge in [-0.2, -0.15) is 5.10 Å². The van der Waals surface area contributed by atoms with Crippen LogP contribution in [0.1, 0.15) is 0 Å². The van der Waals surface area contributed by atoms with Gasteiger partial charge in [0.25, 0.3) is 0 Å². The minimum atomic E-state index is -3.80. The Labute approximate surface area is 178 Å². The van der Waals surface area contributed by atoms with Crippen molar-refractivity contribution in [2.45, 2.75) is 9.79 Å². The molecule has 0 fully saturated rings. The predicted molar refractivity (Wildman–Crippen MR) is 115 cm³/mol. The summed E-state index contributed by atoms with van der Waals surface area (Å²) < 4.78 is 31.3. The van der Waals surface area contributed by atoms with Crippen molar-refractivity contribution in [2.75, 3.05) is 12.4 Å². The van der Waals surface area contributed by atoms with Gasteiger partial charge in [-0.25, -0.2) is 13.4 Å². The summed E-state index contributed by atoms with van der Waals surface area (Å²) in [6.07, 6.45) is 0. The van der Waals surface area contributed by atoms with E-state index in [9.17, 15) is 8.42 Å². The van der Waals surface area contributed by atoms with Crippen LogP contribution in [-0.2, 0) is 9.84 Å². The molecule has 9 heteroatoms. The normalized spacial score (nSPS) is 11.3. The Balaban J connectivity index is 1.67. The molecule has 0 unspecified atom stereocenters. The average Bonchev–Trinajstić information content (AvgIpc) is 3.23. The highest BCUT2D eigenvalue weighted by atomic mass is 35.5. The molecule has 0 atom stereocenters. The molecule has 4 aromatic rings. The SMILES string of the molecule is COc1ccc(-c2cc(Nc3nc(Cl)ccc3S(=O)(=O)c3ccccc3)n[nH]2)cc1. The second-order valence-corrected chi connectivity index (χ2v) is 8.62. The molecule has 0 spiro atoms. The second-order valence-electron chi connectivity index (χ2n) is 6.32. The fraction of sp³-hybridized carbons (Fsp3) is 0.0476. The quantitative estimate of drug-likeness (QED) is 0.421. The van der Waals surface area contributed by atoms with Gasteiger partial charge in [0.05, 0.1) is 17.7 Å². The minimum Gasteiger partial charge on any atom is -0.497 e. The lowest BCUT2D eigenvalue weighted by Gasteiger charge is -2.10. The van der Waals surface area contributed by atoms with Crippen LogP contribution in [0.4, 0.5) is 11.6 Å². The number of rotatable bonds is 6. The van der Waals surface area contributed by atoms with Crippen molar-refractivity contribution in [3.63, 3.8) is 0 Å². The van der Waals surface area contributed by atoms with Crippen LogP contribution in [0, 0.1) is 0 Å². The first-order valence-corrected chi connectivity index (χ1v) is 10.8. The summed E-state index contributed by atoms with van der Waals surface area (Å²) in [4.78, 5) is 4.34. The second kappa shape index (κ2) is 8.17. The highest BCUT2D eigenvalue weighted by Crippen LogP contribution is 2.30. The number of hydrogen-bond acceptors (Lipinski definition) is 6. The number of H-pyrrole nitrogens is 1. The van der Waals surface area contributed by atoms with E-state index < -0.39 is 9.84 Å². The summed E-state index contributed by atoms with van der Waals surface area (Å²) in [5.41, 5.74) is 1.64. The van der Waals surface area contributed by atoms with Crippen molar-refractivity contribution >= 4 is 33.1 Å². The number of methoxy groups -OCH3 is 1. The van der Waals surface area contributed by atoms with Crippen LogP contribution in [0.3, 0.4) is 0 Å². The molecule has 0 saturated heterocycles. The summed E-state index contributed by atoms with van der Waals surface area (Å²) in [5, 5.41) is 10.3. The lowest BCUT2D eigenvalue weighted by molar-refractivity contribution is 0.415. The van der Waals surface area contributed by atoms with E-state index in [1.807, 2.05) is 24.3 Å².